The van der Waals surface area contributed by atoms with E-state index in [1.165, 1.54) is 18.2 Å². The van der Waals surface area contributed by atoms with Crippen LogP contribution in [0.3, 0.4) is 0 Å². The lowest BCUT2D eigenvalue weighted by atomic mass is 10.1. The maximum absolute atomic E-state index is 13.3. The van der Waals surface area contributed by atoms with Gasteiger partial charge in [0.1, 0.15) is 4.90 Å². The van der Waals surface area contributed by atoms with Gasteiger partial charge in [-0.1, -0.05) is 59.6 Å². The fraction of sp³-hybridized carbons (Fsp3) is 0.160. The number of sulfonamides is 1. The van der Waals surface area contributed by atoms with Gasteiger partial charge in [0.25, 0.3) is 10.0 Å². The summed E-state index contributed by atoms with van der Waals surface area (Å²) < 4.78 is 29.3. The molecular formula is C25H22Cl2N4O2S. The van der Waals surface area contributed by atoms with Crippen molar-refractivity contribution in [1.82, 2.24) is 10.2 Å². The van der Waals surface area contributed by atoms with E-state index in [0.29, 0.717) is 10.7 Å². The third kappa shape index (κ3) is 4.64. The van der Waals surface area contributed by atoms with Crippen molar-refractivity contribution in [3.63, 3.8) is 0 Å². The second-order valence-corrected chi connectivity index (χ2v) is 10.6. The zero-order chi connectivity index (χ0) is 23.7. The molecule has 2 N–H and O–H groups in total. The Labute approximate surface area is 208 Å². The number of rotatable bonds is 6. The average molecular weight is 513 g/mol. The van der Waals surface area contributed by atoms with Crippen LogP contribution in [-0.4, -0.2) is 31.7 Å². The molecule has 0 radical (unpaired) electrons. The van der Waals surface area contributed by atoms with Gasteiger partial charge in [0.2, 0.25) is 0 Å². The molecule has 0 unspecified atom stereocenters. The lowest BCUT2D eigenvalue weighted by Crippen LogP contribution is -2.21. The first kappa shape index (κ1) is 22.8. The maximum atomic E-state index is 13.3. The summed E-state index contributed by atoms with van der Waals surface area (Å²) >= 11 is 12.2. The number of hydrogen-bond donors (Lipinski definition) is 2. The summed E-state index contributed by atoms with van der Waals surface area (Å²) in [6, 6.07) is 18.0. The lowest BCUT2D eigenvalue weighted by Gasteiger charge is -2.22. The Morgan fingerprint density at radius 3 is 2.47 bits per heavy atom. The molecule has 3 aromatic carbocycles. The van der Waals surface area contributed by atoms with Crippen LogP contribution in [0.5, 0.6) is 0 Å². The molecule has 1 fully saturated rings. The molecule has 5 rings (SSSR count). The Bertz CT molecular complexity index is 1480. The molecule has 6 nitrogen and oxygen atoms in total. The van der Waals surface area contributed by atoms with E-state index >= 15 is 0 Å². The number of nitrogens with one attached hydrogen (secondary N) is 2. The first-order valence-electron chi connectivity index (χ1n) is 10.9. The van der Waals surface area contributed by atoms with Crippen LogP contribution in [0.1, 0.15) is 24.1 Å². The van der Waals surface area contributed by atoms with E-state index in [9.17, 15) is 8.42 Å². The average Bonchev–Trinajstić information content (AvgIpc) is 3.47. The molecule has 0 aliphatic carbocycles. The highest BCUT2D eigenvalue weighted by molar-refractivity contribution is 7.92. The summed E-state index contributed by atoms with van der Waals surface area (Å²) in [7, 11) is -3.95. The highest BCUT2D eigenvalue weighted by Crippen LogP contribution is 2.36. The first-order chi connectivity index (χ1) is 16.4. The zero-order valence-corrected chi connectivity index (χ0v) is 20.5. The van der Waals surface area contributed by atoms with Gasteiger partial charge in [0, 0.05) is 23.5 Å². The summed E-state index contributed by atoms with van der Waals surface area (Å²) in [4.78, 5) is 2.16. The van der Waals surface area contributed by atoms with Crippen LogP contribution in [0.4, 0.5) is 11.4 Å². The van der Waals surface area contributed by atoms with Crippen LogP contribution < -0.4 is 9.62 Å². The second kappa shape index (κ2) is 9.33. The minimum absolute atomic E-state index is 0.0255. The fourth-order valence-corrected chi connectivity index (χ4v) is 5.97. The maximum Gasteiger partial charge on any atom is 0.263 e. The molecule has 1 aliphatic rings. The summed E-state index contributed by atoms with van der Waals surface area (Å²) in [6.45, 7) is 1.72. The number of nitrogens with zero attached hydrogens (tertiary/aromatic N) is 2. The van der Waals surface area contributed by atoms with Gasteiger partial charge in [-0.15, -0.1) is 0 Å². The summed E-state index contributed by atoms with van der Waals surface area (Å²) in [6.07, 6.45) is 6.00. The van der Waals surface area contributed by atoms with Gasteiger partial charge in [0.15, 0.2) is 0 Å². The van der Waals surface area contributed by atoms with Gasteiger partial charge in [-0.25, -0.2) is 8.42 Å². The highest BCUT2D eigenvalue weighted by Gasteiger charge is 2.24. The van der Waals surface area contributed by atoms with Gasteiger partial charge in [-0.3, -0.25) is 9.82 Å². The topological polar surface area (TPSA) is 78.1 Å². The first-order valence-corrected chi connectivity index (χ1v) is 13.1. The molecule has 174 valence electrons. The third-order valence-corrected chi connectivity index (χ3v) is 7.90. The van der Waals surface area contributed by atoms with E-state index in [1.807, 2.05) is 54.6 Å². The predicted octanol–water partition coefficient (Wildman–Crippen LogP) is 6.44. The van der Waals surface area contributed by atoms with Crippen molar-refractivity contribution in [2.45, 2.75) is 17.7 Å². The number of fused-ring (bicyclic) bond motifs is 1. The Kier molecular flexibility index (Phi) is 6.25. The molecular weight excluding hydrogens is 491 g/mol. The third-order valence-electron chi connectivity index (χ3n) is 5.82. The van der Waals surface area contributed by atoms with Gasteiger partial charge >= 0.3 is 0 Å². The van der Waals surface area contributed by atoms with Crippen LogP contribution >= 0.6 is 23.2 Å². The van der Waals surface area contributed by atoms with E-state index in [2.05, 4.69) is 19.8 Å². The fourth-order valence-electron chi connectivity index (χ4n) is 4.13. The van der Waals surface area contributed by atoms with E-state index in [0.717, 1.165) is 53.8 Å². The van der Waals surface area contributed by atoms with Crippen molar-refractivity contribution >= 4 is 67.7 Å². The molecule has 1 saturated heterocycles. The minimum atomic E-state index is -3.95. The summed E-state index contributed by atoms with van der Waals surface area (Å²) in [5.41, 5.74) is 3.89. The van der Waals surface area contributed by atoms with Gasteiger partial charge in [0.05, 0.1) is 27.6 Å². The van der Waals surface area contributed by atoms with Crippen molar-refractivity contribution in [2.24, 2.45) is 0 Å². The molecule has 4 aromatic rings. The monoisotopic (exact) mass is 512 g/mol. The van der Waals surface area contributed by atoms with Crippen molar-refractivity contribution in [1.29, 1.82) is 0 Å². The summed E-state index contributed by atoms with van der Waals surface area (Å²) in [5.74, 6) is 0. The van der Waals surface area contributed by atoms with Crippen molar-refractivity contribution in [3.05, 3.63) is 82.0 Å². The number of benzene rings is 3. The molecule has 1 aliphatic heterocycles. The smallest absolute Gasteiger partial charge is 0.263 e. The Morgan fingerprint density at radius 1 is 0.971 bits per heavy atom. The summed E-state index contributed by atoms with van der Waals surface area (Å²) in [5, 5.41) is 8.79. The Balaban J connectivity index is 1.58. The number of H-pyrrole nitrogens is 1. The molecule has 2 heterocycles. The van der Waals surface area contributed by atoms with Crippen LogP contribution in [0.15, 0.2) is 65.6 Å². The minimum Gasteiger partial charge on any atom is -0.370 e. The molecule has 34 heavy (non-hydrogen) atoms. The Hall–Kier alpha value is -3.00. The van der Waals surface area contributed by atoms with Gasteiger partial charge in [-0.05, 0) is 54.8 Å². The standard InChI is InChI=1S/C25H22Cl2N4O2S/c26-18-9-11-25(20(27)14-18)34(32,33)30-23-15-19-21(10-8-17-6-2-1-3-7-17)28-29-22(19)16-24(23)31-12-4-5-13-31/h1-3,6-11,14-16,30H,4-5,12-13H2,(H,28,29). The molecule has 9 heteroatoms. The number of halogens is 2. The molecule has 0 saturated carbocycles. The molecule has 0 spiro atoms. The lowest BCUT2D eigenvalue weighted by molar-refractivity contribution is 0.601. The van der Waals surface area contributed by atoms with Crippen molar-refractivity contribution < 1.29 is 8.42 Å². The quantitative estimate of drug-likeness (QED) is 0.311. The van der Waals surface area contributed by atoms with E-state index in [4.69, 9.17) is 23.2 Å². The second-order valence-electron chi connectivity index (χ2n) is 8.14. The zero-order valence-electron chi connectivity index (χ0n) is 18.1. The molecule has 0 atom stereocenters. The van der Waals surface area contributed by atoms with E-state index in [1.54, 1.807) is 0 Å². The largest absolute Gasteiger partial charge is 0.370 e. The van der Waals surface area contributed by atoms with Crippen LogP contribution in [0, 0.1) is 0 Å². The van der Waals surface area contributed by atoms with Crippen molar-refractivity contribution in [3.8, 4) is 0 Å². The molecule has 1 aromatic heterocycles. The number of aromatic nitrogens is 2. The van der Waals surface area contributed by atoms with Crippen LogP contribution in [0.2, 0.25) is 10.0 Å². The number of hydrogen-bond acceptors (Lipinski definition) is 4. The molecule has 0 bridgehead atoms. The van der Waals surface area contributed by atoms with Crippen molar-refractivity contribution in [2.75, 3.05) is 22.7 Å². The predicted molar refractivity (Wildman–Crippen MR) is 140 cm³/mol. The molecule has 0 amide bonds. The Morgan fingerprint density at radius 2 is 1.74 bits per heavy atom. The van der Waals surface area contributed by atoms with E-state index in [-0.39, 0.29) is 9.92 Å². The van der Waals surface area contributed by atoms with Gasteiger partial charge < -0.3 is 4.90 Å². The highest BCUT2D eigenvalue weighted by atomic mass is 35.5. The van der Waals surface area contributed by atoms with Crippen LogP contribution in [-0.2, 0) is 10.0 Å². The normalized spacial score (nSPS) is 14.4. The van der Waals surface area contributed by atoms with Crippen LogP contribution in [0.25, 0.3) is 23.1 Å². The van der Waals surface area contributed by atoms with E-state index < -0.39 is 10.0 Å². The van der Waals surface area contributed by atoms with Gasteiger partial charge in [-0.2, -0.15) is 5.10 Å². The number of aromatic amines is 1. The SMILES string of the molecule is O=S(=O)(Nc1cc2c(C=Cc3ccccc3)n[nH]c2cc1N1CCCC1)c1ccc(Cl)cc1Cl. The number of anilines is 2.